The van der Waals surface area contributed by atoms with E-state index in [0.717, 1.165) is 12.1 Å². The second-order valence-electron chi connectivity index (χ2n) is 3.82. The fraction of sp³-hybridized carbons (Fsp3) is 0.400. The number of rotatable bonds is 0. The summed E-state index contributed by atoms with van der Waals surface area (Å²) in [4.78, 5) is 0.333. The van der Waals surface area contributed by atoms with Crippen LogP contribution in [0.25, 0.3) is 0 Å². The summed E-state index contributed by atoms with van der Waals surface area (Å²) in [5, 5.41) is 0. The second kappa shape index (κ2) is 3.64. The molecular formula is C10H11F2NOS. The van der Waals surface area contributed by atoms with E-state index >= 15 is 0 Å². The first-order chi connectivity index (χ1) is 7.00. The zero-order valence-corrected chi connectivity index (χ0v) is 8.98. The van der Waals surface area contributed by atoms with Crippen molar-refractivity contribution in [1.29, 1.82) is 0 Å². The third-order valence-corrected chi connectivity index (χ3v) is 4.36. The van der Waals surface area contributed by atoms with Gasteiger partial charge in [-0.05, 0) is 23.6 Å². The van der Waals surface area contributed by atoms with Crippen LogP contribution in [-0.2, 0) is 10.8 Å². The van der Waals surface area contributed by atoms with Crippen molar-refractivity contribution in [2.45, 2.75) is 17.9 Å². The van der Waals surface area contributed by atoms with Crippen LogP contribution < -0.4 is 5.73 Å². The zero-order chi connectivity index (χ0) is 11.2. The fourth-order valence-electron chi connectivity index (χ4n) is 1.74. The SMILES string of the molecule is CC1CS(=O)c2cc(F)c(F)cc2C1N. The van der Waals surface area contributed by atoms with Gasteiger partial charge in [0.25, 0.3) is 0 Å². The van der Waals surface area contributed by atoms with E-state index in [4.69, 9.17) is 5.73 Å². The Morgan fingerprint density at radius 1 is 1.40 bits per heavy atom. The maximum Gasteiger partial charge on any atom is 0.160 e. The van der Waals surface area contributed by atoms with E-state index in [1.54, 1.807) is 0 Å². The van der Waals surface area contributed by atoms with Crippen LogP contribution in [0.2, 0.25) is 0 Å². The summed E-state index contributed by atoms with van der Waals surface area (Å²) >= 11 is 0. The number of halogens is 2. The van der Waals surface area contributed by atoms with Crippen LogP contribution in [0.1, 0.15) is 18.5 Å². The molecule has 0 fully saturated rings. The van der Waals surface area contributed by atoms with E-state index in [1.165, 1.54) is 0 Å². The Kier molecular flexibility index (Phi) is 2.60. The number of nitrogens with two attached hydrogens (primary N) is 1. The summed E-state index contributed by atoms with van der Waals surface area (Å²) in [6, 6.07) is 1.68. The Hall–Kier alpha value is -0.810. The lowest BCUT2D eigenvalue weighted by atomic mass is 9.96. The van der Waals surface area contributed by atoms with Gasteiger partial charge in [0.2, 0.25) is 0 Å². The van der Waals surface area contributed by atoms with Crippen molar-refractivity contribution in [2.24, 2.45) is 11.7 Å². The molecule has 0 amide bonds. The minimum absolute atomic E-state index is 0.0168. The molecule has 0 saturated carbocycles. The van der Waals surface area contributed by atoms with E-state index in [0.29, 0.717) is 16.2 Å². The van der Waals surface area contributed by atoms with Gasteiger partial charge in [0.05, 0.1) is 10.8 Å². The molecule has 82 valence electrons. The standard InChI is InChI=1S/C10H11F2NOS/c1-5-4-15(14)9-3-8(12)7(11)2-6(9)10(5)13/h2-3,5,10H,4,13H2,1H3. The number of fused-ring (bicyclic) bond motifs is 1. The Balaban J connectivity index is 2.61. The van der Waals surface area contributed by atoms with Crippen LogP contribution in [0, 0.1) is 17.6 Å². The molecular weight excluding hydrogens is 220 g/mol. The number of benzene rings is 1. The van der Waals surface area contributed by atoms with Crippen LogP contribution in [0.3, 0.4) is 0 Å². The molecule has 0 aliphatic carbocycles. The molecule has 1 heterocycles. The van der Waals surface area contributed by atoms with E-state index in [-0.39, 0.29) is 12.0 Å². The molecule has 0 spiro atoms. The summed E-state index contributed by atoms with van der Waals surface area (Å²) in [6.45, 7) is 1.85. The minimum Gasteiger partial charge on any atom is -0.324 e. The van der Waals surface area contributed by atoms with Gasteiger partial charge < -0.3 is 5.73 Å². The molecule has 0 aromatic heterocycles. The summed E-state index contributed by atoms with van der Waals surface area (Å²) in [5.41, 5.74) is 6.31. The Morgan fingerprint density at radius 2 is 2.00 bits per heavy atom. The first-order valence-electron chi connectivity index (χ1n) is 4.63. The molecule has 3 unspecified atom stereocenters. The van der Waals surface area contributed by atoms with Crippen molar-refractivity contribution in [3.8, 4) is 0 Å². The summed E-state index contributed by atoms with van der Waals surface area (Å²) in [7, 11) is -1.27. The highest BCUT2D eigenvalue weighted by molar-refractivity contribution is 7.85. The average Bonchev–Trinajstić information content (AvgIpc) is 2.18. The fourth-order valence-corrected chi connectivity index (χ4v) is 3.30. The van der Waals surface area contributed by atoms with E-state index in [2.05, 4.69) is 0 Å². The summed E-state index contributed by atoms with van der Waals surface area (Å²) < 4.78 is 37.6. The quantitative estimate of drug-likeness (QED) is 0.738. The summed E-state index contributed by atoms with van der Waals surface area (Å²) in [5.74, 6) is -1.48. The maximum atomic E-state index is 13.0. The van der Waals surface area contributed by atoms with Gasteiger partial charge in [-0.2, -0.15) is 0 Å². The Bertz CT molecular complexity index is 436. The first kappa shape index (κ1) is 10.7. The maximum absolute atomic E-state index is 13.0. The molecule has 1 aromatic carbocycles. The number of hydrogen-bond donors (Lipinski definition) is 1. The van der Waals surface area contributed by atoms with Crippen molar-refractivity contribution in [1.82, 2.24) is 0 Å². The predicted molar refractivity (Wildman–Crippen MR) is 53.7 cm³/mol. The molecule has 1 aliphatic heterocycles. The Morgan fingerprint density at radius 3 is 2.67 bits per heavy atom. The summed E-state index contributed by atoms with van der Waals surface area (Å²) in [6.07, 6.45) is 0. The normalized spacial score (nSPS) is 30.0. The topological polar surface area (TPSA) is 43.1 Å². The van der Waals surface area contributed by atoms with Crippen molar-refractivity contribution in [2.75, 3.05) is 5.75 Å². The van der Waals surface area contributed by atoms with Crippen LogP contribution in [0.5, 0.6) is 0 Å². The van der Waals surface area contributed by atoms with Gasteiger partial charge in [-0.15, -0.1) is 0 Å². The average molecular weight is 231 g/mol. The molecule has 2 N–H and O–H groups in total. The first-order valence-corrected chi connectivity index (χ1v) is 5.95. The highest BCUT2D eigenvalue weighted by Gasteiger charge is 2.29. The molecule has 3 atom stereocenters. The van der Waals surface area contributed by atoms with Gasteiger partial charge in [0.1, 0.15) is 0 Å². The third-order valence-electron chi connectivity index (χ3n) is 2.68. The van der Waals surface area contributed by atoms with Gasteiger partial charge in [-0.25, -0.2) is 8.78 Å². The molecule has 1 aromatic rings. The van der Waals surface area contributed by atoms with Crippen LogP contribution in [-0.4, -0.2) is 9.96 Å². The highest BCUT2D eigenvalue weighted by Crippen LogP contribution is 2.33. The van der Waals surface area contributed by atoms with E-state index < -0.39 is 22.4 Å². The van der Waals surface area contributed by atoms with Crippen LogP contribution >= 0.6 is 0 Å². The van der Waals surface area contributed by atoms with Gasteiger partial charge in [-0.1, -0.05) is 6.92 Å². The van der Waals surface area contributed by atoms with Crippen LogP contribution in [0.4, 0.5) is 8.78 Å². The lowest BCUT2D eigenvalue weighted by Crippen LogP contribution is -2.30. The van der Waals surface area contributed by atoms with E-state index in [1.807, 2.05) is 6.92 Å². The van der Waals surface area contributed by atoms with Gasteiger partial charge in [-0.3, -0.25) is 4.21 Å². The van der Waals surface area contributed by atoms with Crippen molar-refractivity contribution in [3.63, 3.8) is 0 Å². The van der Waals surface area contributed by atoms with Crippen molar-refractivity contribution < 1.29 is 13.0 Å². The molecule has 0 bridgehead atoms. The lowest BCUT2D eigenvalue weighted by Gasteiger charge is -2.27. The lowest BCUT2D eigenvalue weighted by molar-refractivity contribution is 0.471. The van der Waals surface area contributed by atoms with Gasteiger partial charge >= 0.3 is 0 Å². The third kappa shape index (κ3) is 1.70. The van der Waals surface area contributed by atoms with Crippen molar-refractivity contribution in [3.05, 3.63) is 29.3 Å². The minimum atomic E-state index is -1.27. The van der Waals surface area contributed by atoms with Gasteiger partial charge in [0, 0.05) is 16.7 Å². The molecule has 15 heavy (non-hydrogen) atoms. The van der Waals surface area contributed by atoms with Gasteiger partial charge in [0.15, 0.2) is 11.6 Å². The zero-order valence-electron chi connectivity index (χ0n) is 8.17. The highest BCUT2D eigenvalue weighted by atomic mass is 32.2. The molecule has 2 rings (SSSR count). The van der Waals surface area contributed by atoms with E-state index in [9.17, 15) is 13.0 Å². The largest absolute Gasteiger partial charge is 0.324 e. The molecule has 2 nitrogen and oxygen atoms in total. The van der Waals surface area contributed by atoms with Crippen molar-refractivity contribution >= 4 is 10.8 Å². The second-order valence-corrected chi connectivity index (χ2v) is 5.28. The molecule has 0 radical (unpaired) electrons. The molecule has 0 saturated heterocycles. The molecule has 1 aliphatic rings. The molecule has 5 heteroatoms. The van der Waals surface area contributed by atoms with Crippen LogP contribution in [0.15, 0.2) is 17.0 Å². The number of hydrogen-bond acceptors (Lipinski definition) is 2. The predicted octanol–water partition coefficient (Wildman–Crippen LogP) is 1.72. The smallest absolute Gasteiger partial charge is 0.160 e. The monoisotopic (exact) mass is 231 g/mol. The Labute approximate surface area is 88.9 Å².